The smallest absolute Gasteiger partial charge is 0.293 e. The molecule has 2 amide bonds. The molecule has 1 heterocycles. The molecule has 0 radical (unpaired) electrons. The van der Waals surface area contributed by atoms with E-state index in [0.717, 1.165) is 24.6 Å². The summed E-state index contributed by atoms with van der Waals surface area (Å²) >= 11 is 0.946. The van der Waals surface area contributed by atoms with Gasteiger partial charge in [-0.15, -0.1) is 0 Å². The van der Waals surface area contributed by atoms with Crippen LogP contribution in [0.5, 0.6) is 11.5 Å². The van der Waals surface area contributed by atoms with Crippen molar-refractivity contribution in [3.63, 3.8) is 0 Å². The third kappa shape index (κ3) is 3.62. The van der Waals surface area contributed by atoms with Crippen molar-refractivity contribution in [1.82, 2.24) is 4.90 Å². The van der Waals surface area contributed by atoms with Crippen molar-refractivity contribution in [2.24, 2.45) is 0 Å². The van der Waals surface area contributed by atoms with Crippen LogP contribution in [0.25, 0.3) is 6.08 Å². The molecular weight excluding hydrogens is 302 g/mol. The summed E-state index contributed by atoms with van der Waals surface area (Å²) in [7, 11) is 0. The monoisotopic (exact) mass is 321 g/mol. The average molecular weight is 321 g/mol. The number of phenols is 1. The lowest BCUT2D eigenvalue weighted by Crippen LogP contribution is -2.29. The van der Waals surface area contributed by atoms with Gasteiger partial charge >= 0.3 is 0 Å². The third-order valence-electron chi connectivity index (χ3n) is 3.19. The zero-order valence-corrected chi connectivity index (χ0v) is 13.5. The lowest BCUT2D eigenvalue weighted by molar-refractivity contribution is -0.122. The van der Waals surface area contributed by atoms with Crippen molar-refractivity contribution in [3.05, 3.63) is 28.7 Å². The number of carbonyl (C=O) groups excluding carboxylic acids is 2. The summed E-state index contributed by atoms with van der Waals surface area (Å²) in [6, 6.07) is 4.84. The van der Waals surface area contributed by atoms with Gasteiger partial charge in [-0.2, -0.15) is 0 Å². The van der Waals surface area contributed by atoms with E-state index in [9.17, 15) is 14.7 Å². The first-order valence-electron chi connectivity index (χ1n) is 7.28. The highest BCUT2D eigenvalue weighted by Gasteiger charge is 2.34. The number of thioether (sulfide) groups is 1. The van der Waals surface area contributed by atoms with E-state index in [-0.39, 0.29) is 16.9 Å². The molecule has 6 heteroatoms. The number of unbranched alkanes of at least 4 members (excludes halogenated alkanes) is 1. The van der Waals surface area contributed by atoms with Crippen LogP contribution in [0, 0.1) is 0 Å². The number of aromatic hydroxyl groups is 1. The summed E-state index contributed by atoms with van der Waals surface area (Å²) in [5, 5.41) is 9.45. The lowest BCUT2D eigenvalue weighted by Gasteiger charge is -2.10. The third-order valence-corrected chi connectivity index (χ3v) is 4.10. The largest absolute Gasteiger partial charge is 0.504 e. The first-order valence-corrected chi connectivity index (χ1v) is 8.09. The summed E-state index contributed by atoms with van der Waals surface area (Å²) in [4.78, 5) is 25.8. The van der Waals surface area contributed by atoms with Crippen molar-refractivity contribution < 1.29 is 19.4 Å². The van der Waals surface area contributed by atoms with Crippen LogP contribution in [0.2, 0.25) is 0 Å². The number of ether oxygens (including phenoxy) is 1. The zero-order valence-electron chi connectivity index (χ0n) is 12.7. The maximum Gasteiger partial charge on any atom is 0.293 e. The molecule has 0 saturated carbocycles. The van der Waals surface area contributed by atoms with Gasteiger partial charge in [0.05, 0.1) is 11.5 Å². The number of benzene rings is 1. The minimum absolute atomic E-state index is 0.0510. The van der Waals surface area contributed by atoms with Gasteiger partial charge in [0.15, 0.2) is 11.5 Å². The number of nitrogens with zero attached hydrogens (tertiary/aromatic N) is 1. The first-order chi connectivity index (χ1) is 10.6. The van der Waals surface area contributed by atoms with Crippen molar-refractivity contribution in [2.45, 2.75) is 26.7 Å². The van der Waals surface area contributed by atoms with Gasteiger partial charge in [0.1, 0.15) is 0 Å². The van der Waals surface area contributed by atoms with Crippen molar-refractivity contribution >= 4 is 29.0 Å². The molecule has 0 aliphatic carbocycles. The molecule has 1 saturated heterocycles. The van der Waals surface area contributed by atoms with Gasteiger partial charge in [-0.25, -0.2) is 0 Å². The van der Waals surface area contributed by atoms with E-state index < -0.39 is 0 Å². The van der Waals surface area contributed by atoms with Crippen molar-refractivity contribution in [1.29, 1.82) is 0 Å². The molecule has 1 fully saturated rings. The Hall–Kier alpha value is -1.95. The molecule has 0 aromatic heterocycles. The second-order valence-electron chi connectivity index (χ2n) is 4.85. The summed E-state index contributed by atoms with van der Waals surface area (Å²) in [6.07, 6.45) is 3.38. The van der Waals surface area contributed by atoms with Gasteiger partial charge in [0.25, 0.3) is 11.1 Å². The molecule has 118 valence electrons. The van der Waals surface area contributed by atoms with Crippen LogP contribution in [0.3, 0.4) is 0 Å². The predicted octanol–water partition coefficient (Wildman–Crippen LogP) is 3.63. The van der Waals surface area contributed by atoms with Gasteiger partial charge in [-0.1, -0.05) is 19.4 Å². The quantitative estimate of drug-likeness (QED) is 0.810. The first kappa shape index (κ1) is 16.4. The van der Waals surface area contributed by atoms with Crippen molar-refractivity contribution in [2.75, 3.05) is 13.2 Å². The second-order valence-corrected chi connectivity index (χ2v) is 5.84. The normalized spacial score (nSPS) is 16.6. The van der Waals surface area contributed by atoms with Crippen LogP contribution >= 0.6 is 11.8 Å². The predicted molar refractivity (Wildman–Crippen MR) is 86.9 cm³/mol. The van der Waals surface area contributed by atoms with Gasteiger partial charge in [0.2, 0.25) is 0 Å². The SMILES string of the molecule is CCCCN1C(=O)SC(=Cc2ccc(O)c(OCC)c2)C1=O. The fourth-order valence-corrected chi connectivity index (χ4v) is 2.92. The molecule has 0 atom stereocenters. The highest BCUT2D eigenvalue weighted by Crippen LogP contribution is 2.34. The van der Waals surface area contributed by atoms with E-state index in [1.165, 1.54) is 11.0 Å². The Balaban J connectivity index is 2.21. The van der Waals surface area contributed by atoms with Crippen LogP contribution in [0.1, 0.15) is 32.3 Å². The molecule has 1 aromatic carbocycles. The van der Waals surface area contributed by atoms with E-state index in [2.05, 4.69) is 0 Å². The Morgan fingerprint density at radius 1 is 1.32 bits per heavy atom. The second kappa shape index (κ2) is 7.35. The standard InChI is InChI=1S/C16H19NO4S/c1-3-5-8-17-15(19)14(22-16(17)20)10-11-6-7-12(18)13(9-11)21-4-2/h6-7,9-10,18H,3-5,8H2,1-2H3. The Bertz CT molecular complexity index is 612. The molecule has 0 bridgehead atoms. The Morgan fingerprint density at radius 3 is 2.77 bits per heavy atom. The number of phenolic OH excluding ortho intramolecular Hbond substituents is 1. The van der Waals surface area contributed by atoms with E-state index in [0.29, 0.717) is 29.4 Å². The molecule has 5 nitrogen and oxygen atoms in total. The summed E-state index contributed by atoms with van der Waals surface area (Å²) in [6.45, 7) is 4.73. The number of carbonyl (C=O) groups is 2. The van der Waals surface area contributed by atoms with Gasteiger partial charge in [-0.05, 0) is 48.9 Å². The van der Waals surface area contributed by atoms with E-state index in [1.54, 1.807) is 18.2 Å². The van der Waals surface area contributed by atoms with Crippen LogP contribution < -0.4 is 4.74 Å². The molecule has 1 aliphatic heterocycles. The van der Waals surface area contributed by atoms with Crippen LogP contribution in [-0.2, 0) is 4.79 Å². The highest BCUT2D eigenvalue weighted by atomic mass is 32.2. The summed E-state index contributed by atoms with van der Waals surface area (Å²) in [5.41, 5.74) is 0.710. The zero-order chi connectivity index (χ0) is 16.1. The summed E-state index contributed by atoms with van der Waals surface area (Å²) < 4.78 is 5.32. The topological polar surface area (TPSA) is 66.8 Å². The van der Waals surface area contributed by atoms with Crippen LogP contribution in [0.15, 0.2) is 23.1 Å². The van der Waals surface area contributed by atoms with Gasteiger partial charge in [0, 0.05) is 6.54 Å². The van der Waals surface area contributed by atoms with E-state index in [4.69, 9.17) is 4.74 Å². The number of hydrogen-bond acceptors (Lipinski definition) is 5. The number of hydrogen-bond donors (Lipinski definition) is 1. The van der Waals surface area contributed by atoms with Crippen LogP contribution in [-0.4, -0.2) is 34.3 Å². The van der Waals surface area contributed by atoms with Crippen molar-refractivity contribution in [3.8, 4) is 11.5 Å². The molecular formula is C16H19NO4S. The molecule has 22 heavy (non-hydrogen) atoms. The Labute approximate surface area is 133 Å². The number of rotatable bonds is 6. The number of amides is 2. The molecule has 2 rings (SSSR count). The van der Waals surface area contributed by atoms with E-state index in [1.807, 2.05) is 13.8 Å². The summed E-state index contributed by atoms with van der Waals surface area (Å²) in [5.74, 6) is 0.158. The molecule has 0 spiro atoms. The minimum Gasteiger partial charge on any atom is -0.504 e. The number of imide groups is 1. The highest BCUT2D eigenvalue weighted by molar-refractivity contribution is 8.18. The lowest BCUT2D eigenvalue weighted by atomic mass is 10.2. The maximum absolute atomic E-state index is 12.2. The van der Waals surface area contributed by atoms with Crippen LogP contribution in [0.4, 0.5) is 4.79 Å². The fourth-order valence-electron chi connectivity index (χ4n) is 2.05. The molecule has 1 aliphatic rings. The Morgan fingerprint density at radius 2 is 2.09 bits per heavy atom. The van der Waals surface area contributed by atoms with Gasteiger partial charge < -0.3 is 9.84 Å². The molecule has 1 N–H and O–H groups in total. The van der Waals surface area contributed by atoms with E-state index >= 15 is 0 Å². The fraction of sp³-hybridized carbons (Fsp3) is 0.375. The minimum atomic E-state index is -0.255. The molecule has 1 aromatic rings. The maximum atomic E-state index is 12.2. The molecule has 0 unspecified atom stereocenters. The Kier molecular flexibility index (Phi) is 5.49. The van der Waals surface area contributed by atoms with Gasteiger partial charge in [-0.3, -0.25) is 14.5 Å². The average Bonchev–Trinajstić information content (AvgIpc) is 2.75.